The van der Waals surface area contributed by atoms with Gasteiger partial charge in [-0.25, -0.2) is 4.79 Å². The minimum absolute atomic E-state index is 0.738. The first kappa shape index (κ1) is 13.0. The Morgan fingerprint density at radius 3 is 2.36 bits per heavy atom. The molecule has 1 N–H and O–H groups in total. The molecule has 0 rings (SSSR count). The van der Waals surface area contributed by atoms with Crippen molar-refractivity contribution in [3.05, 3.63) is 11.6 Å². The number of carboxylic acids is 1. The summed E-state index contributed by atoms with van der Waals surface area (Å²) in [4.78, 5) is 10.5. The third kappa shape index (κ3) is 7.63. The van der Waals surface area contributed by atoms with Crippen LogP contribution in [0.15, 0.2) is 11.6 Å². The third-order valence-corrected chi connectivity index (χ3v) is 2.29. The summed E-state index contributed by atoms with van der Waals surface area (Å²) in [5.41, 5.74) is 3.91. The Balaban J connectivity index is 4.67. The summed E-state index contributed by atoms with van der Waals surface area (Å²) in [6, 6.07) is 0. The molecule has 2 nitrogen and oxygen atoms in total. The van der Waals surface area contributed by atoms with E-state index in [9.17, 15) is 4.79 Å². The first-order chi connectivity index (χ1) is 6.35. The molecule has 3 heteroatoms. The molecule has 0 heterocycles. The number of rotatable bonds is 3. The van der Waals surface area contributed by atoms with E-state index in [1.807, 2.05) is 6.92 Å². The highest BCUT2D eigenvalue weighted by atomic mass is 28.3. The summed E-state index contributed by atoms with van der Waals surface area (Å²) in [5.74, 6) is 2.08. The monoisotopic (exact) mass is 210 g/mol. The van der Waals surface area contributed by atoms with Crippen molar-refractivity contribution in [2.24, 2.45) is 0 Å². The van der Waals surface area contributed by atoms with Crippen LogP contribution in [0, 0.1) is 11.5 Å². The highest BCUT2D eigenvalue weighted by Gasteiger charge is 2.07. The molecular formula is C11H18O2Si. The quantitative estimate of drug-likeness (QED) is 0.442. The molecule has 78 valence electrons. The number of carboxylic acid groups (broad SMARTS) is 1. The Bertz CT molecular complexity index is 287. The lowest BCUT2D eigenvalue weighted by atomic mass is 10.1. The molecule has 0 aliphatic heterocycles. The fourth-order valence-corrected chi connectivity index (χ4v) is 1.39. The highest BCUT2D eigenvalue weighted by molar-refractivity contribution is 6.83. The molecule has 0 aliphatic rings. The fourth-order valence-electron chi connectivity index (χ4n) is 0.857. The van der Waals surface area contributed by atoms with Gasteiger partial charge in [-0.1, -0.05) is 38.9 Å². The molecule has 0 aliphatic carbocycles. The summed E-state index contributed by atoms with van der Waals surface area (Å²) in [7, 11) is -1.39. The number of aliphatic carboxylic acids is 1. The van der Waals surface area contributed by atoms with Crippen molar-refractivity contribution < 1.29 is 9.90 Å². The van der Waals surface area contributed by atoms with Crippen molar-refractivity contribution in [1.29, 1.82) is 0 Å². The number of hydrogen-bond acceptors (Lipinski definition) is 1. The Morgan fingerprint density at radius 1 is 1.43 bits per heavy atom. The van der Waals surface area contributed by atoms with E-state index in [1.165, 1.54) is 6.08 Å². The van der Waals surface area contributed by atoms with Crippen LogP contribution in [0.3, 0.4) is 0 Å². The van der Waals surface area contributed by atoms with Gasteiger partial charge in [0, 0.05) is 11.6 Å². The smallest absolute Gasteiger partial charge is 0.329 e. The Kier molecular flexibility index (Phi) is 5.25. The Morgan fingerprint density at radius 2 is 2.00 bits per heavy atom. The van der Waals surface area contributed by atoms with Crippen molar-refractivity contribution >= 4 is 14.0 Å². The van der Waals surface area contributed by atoms with Gasteiger partial charge in [0.1, 0.15) is 8.07 Å². The standard InChI is InChI=1S/C11H18O2Si/c1-5-6-10(9-11(12)13)7-8-14(2,3)4/h9H,5-6H2,1-4H3,(H,12,13)/b10-9+. The molecule has 0 aromatic carbocycles. The molecule has 0 saturated heterocycles. The molecule has 0 aromatic rings. The summed E-state index contributed by atoms with van der Waals surface area (Å²) in [5, 5.41) is 8.61. The first-order valence-corrected chi connectivity index (χ1v) is 8.32. The second-order valence-electron chi connectivity index (χ2n) is 4.26. The zero-order chi connectivity index (χ0) is 11.2. The average Bonchev–Trinajstić information content (AvgIpc) is 1.98. The van der Waals surface area contributed by atoms with Crippen LogP contribution in [0.5, 0.6) is 0 Å². The lowest BCUT2D eigenvalue weighted by molar-refractivity contribution is -0.131. The molecule has 14 heavy (non-hydrogen) atoms. The maximum absolute atomic E-state index is 10.5. The van der Waals surface area contributed by atoms with Crippen molar-refractivity contribution in [2.45, 2.75) is 39.4 Å². The Hall–Kier alpha value is -1.01. The summed E-state index contributed by atoms with van der Waals surface area (Å²) >= 11 is 0. The summed E-state index contributed by atoms with van der Waals surface area (Å²) in [6.07, 6.45) is 2.90. The van der Waals surface area contributed by atoms with Gasteiger partial charge in [0.15, 0.2) is 0 Å². The van der Waals surface area contributed by atoms with Gasteiger partial charge in [-0.15, -0.1) is 5.54 Å². The Labute approximate surface area is 87.0 Å². The molecule has 0 atom stereocenters. The normalized spacial score (nSPS) is 11.9. The average molecular weight is 210 g/mol. The number of hydrogen-bond donors (Lipinski definition) is 1. The largest absolute Gasteiger partial charge is 0.478 e. The number of allylic oxidation sites excluding steroid dienone is 1. The molecular weight excluding hydrogens is 192 g/mol. The van der Waals surface area contributed by atoms with E-state index in [0.29, 0.717) is 0 Å². The van der Waals surface area contributed by atoms with Crippen molar-refractivity contribution in [3.8, 4) is 11.5 Å². The van der Waals surface area contributed by atoms with E-state index in [1.54, 1.807) is 0 Å². The second kappa shape index (κ2) is 5.66. The van der Waals surface area contributed by atoms with Gasteiger partial charge >= 0.3 is 5.97 Å². The van der Waals surface area contributed by atoms with E-state index in [4.69, 9.17) is 5.11 Å². The zero-order valence-electron chi connectivity index (χ0n) is 9.35. The molecule has 0 unspecified atom stereocenters. The topological polar surface area (TPSA) is 37.3 Å². The summed E-state index contributed by atoms with van der Waals surface area (Å²) in [6.45, 7) is 8.45. The maximum atomic E-state index is 10.5. The van der Waals surface area contributed by atoms with Crippen LogP contribution in [0.2, 0.25) is 19.6 Å². The minimum Gasteiger partial charge on any atom is -0.478 e. The van der Waals surface area contributed by atoms with Gasteiger partial charge in [-0.05, 0) is 6.42 Å². The van der Waals surface area contributed by atoms with Crippen molar-refractivity contribution in [2.75, 3.05) is 0 Å². The zero-order valence-corrected chi connectivity index (χ0v) is 10.3. The van der Waals surface area contributed by atoms with Crippen LogP contribution < -0.4 is 0 Å². The van der Waals surface area contributed by atoms with Crippen molar-refractivity contribution in [1.82, 2.24) is 0 Å². The van der Waals surface area contributed by atoms with E-state index >= 15 is 0 Å². The molecule has 0 amide bonds. The van der Waals surface area contributed by atoms with Crippen LogP contribution in [0.4, 0.5) is 0 Å². The lowest BCUT2D eigenvalue weighted by Crippen LogP contribution is -2.16. The van der Waals surface area contributed by atoms with Gasteiger partial charge in [-0.2, -0.15) is 0 Å². The van der Waals surface area contributed by atoms with Crippen LogP contribution in [0.25, 0.3) is 0 Å². The van der Waals surface area contributed by atoms with Gasteiger partial charge in [-0.3, -0.25) is 0 Å². The van der Waals surface area contributed by atoms with Gasteiger partial charge in [0.05, 0.1) is 0 Å². The third-order valence-electron chi connectivity index (χ3n) is 1.42. The molecule has 0 spiro atoms. The summed E-state index contributed by atoms with van der Waals surface area (Å²) < 4.78 is 0. The molecule has 0 fully saturated rings. The number of carbonyl (C=O) groups is 1. The maximum Gasteiger partial charge on any atom is 0.329 e. The van der Waals surface area contributed by atoms with Gasteiger partial charge in [0.2, 0.25) is 0 Å². The van der Waals surface area contributed by atoms with Gasteiger partial charge in [0.25, 0.3) is 0 Å². The van der Waals surface area contributed by atoms with E-state index in [0.717, 1.165) is 18.4 Å². The molecule has 0 aromatic heterocycles. The SMILES string of the molecule is CCC/C(C#C[Si](C)(C)C)=C\C(=O)O. The first-order valence-electron chi connectivity index (χ1n) is 4.82. The van der Waals surface area contributed by atoms with Crippen LogP contribution >= 0.6 is 0 Å². The van der Waals surface area contributed by atoms with Crippen LogP contribution in [-0.4, -0.2) is 19.1 Å². The highest BCUT2D eigenvalue weighted by Crippen LogP contribution is 2.05. The molecule has 0 saturated carbocycles. The predicted molar refractivity (Wildman–Crippen MR) is 61.7 cm³/mol. The van der Waals surface area contributed by atoms with Crippen molar-refractivity contribution in [3.63, 3.8) is 0 Å². The van der Waals surface area contributed by atoms with E-state index in [2.05, 4.69) is 31.1 Å². The van der Waals surface area contributed by atoms with Crippen LogP contribution in [-0.2, 0) is 4.79 Å². The van der Waals surface area contributed by atoms with E-state index in [-0.39, 0.29) is 0 Å². The minimum atomic E-state index is -1.39. The van der Waals surface area contributed by atoms with Crippen LogP contribution in [0.1, 0.15) is 19.8 Å². The predicted octanol–water partition coefficient (Wildman–Crippen LogP) is 2.68. The molecule has 0 radical (unpaired) electrons. The van der Waals surface area contributed by atoms with E-state index < -0.39 is 14.0 Å². The fraction of sp³-hybridized carbons (Fsp3) is 0.545. The lowest BCUT2D eigenvalue weighted by Gasteiger charge is -2.04. The second-order valence-corrected chi connectivity index (χ2v) is 9.01. The van der Waals surface area contributed by atoms with Gasteiger partial charge < -0.3 is 5.11 Å². The molecule has 0 bridgehead atoms.